The Bertz CT molecular complexity index is 1830. The van der Waals surface area contributed by atoms with Crippen molar-refractivity contribution in [2.75, 3.05) is 0 Å². The van der Waals surface area contributed by atoms with E-state index in [1.165, 1.54) is 5.56 Å². The normalized spacial score (nSPS) is 17.4. The van der Waals surface area contributed by atoms with E-state index in [2.05, 4.69) is 35.5 Å². The molecule has 0 N–H and O–H groups in total. The Labute approximate surface area is 231 Å². The van der Waals surface area contributed by atoms with Crippen LogP contribution in [0.2, 0.25) is 0 Å². The molecular weight excluding hydrogens is 505 g/mol. The zero-order chi connectivity index (χ0) is 27.5. The van der Waals surface area contributed by atoms with Gasteiger partial charge in [-0.15, -0.1) is 0 Å². The molecule has 7 rings (SSSR count). The number of fused-ring (bicyclic) bond motifs is 9. The zero-order valence-corrected chi connectivity index (χ0v) is 22.0. The summed E-state index contributed by atoms with van der Waals surface area (Å²) in [4.78, 5) is 0. The van der Waals surface area contributed by atoms with Crippen LogP contribution in [0.5, 0.6) is 0 Å². The maximum atomic E-state index is 15.7. The number of aryl methyl sites for hydroxylation is 2. The van der Waals surface area contributed by atoms with Crippen molar-refractivity contribution in [3.8, 4) is 33.6 Å². The number of nitrogens with zero attached hydrogens (tertiary/aromatic N) is 2. The Morgan fingerprint density at radius 2 is 1.55 bits per heavy atom. The minimum atomic E-state index is -1.46. The van der Waals surface area contributed by atoms with E-state index in [1.807, 2.05) is 78.4 Å². The lowest BCUT2D eigenvalue weighted by Crippen LogP contribution is -2.53. The molecule has 40 heavy (non-hydrogen) atoms. The Hall–Kier alpha value is -4.51. The monoisotopic (exact) mass is 532 g/mol. The van der Waals surface area contributed by atoms with Crippen LogP contribution in [-0.4, -0.2) is 0 Å². The molecule has 2 aliphatic rings. The standard InChI is InChI=1S/C35H27F3N2/c1-21-18-31-32-24(19-29(36)33(37)34(32)38)15-16-27-25-12-6-7-13-26(25)30-14-8-9-17-39(30)35(27)22(2)40(31)20-28(21)23-10-4-3-5-11-23/h3-14,17-20,27,35H,2,15-16H2,1H3/q+2. The van der Waals surface area contributed by atoms with Crippen molar-refractivity contribution in [2.24, 2.45) is 0 Å². The third-order valence-corrected chi connectivity index (χ3v) is 8.46. The molecule has 0 saturated carbocycles. The Kier molecular flexibility index (Phi) is 5.70. The third kappa shape index (κ3) is 3.64. The van der Waals surface area contributed by atoms with Crippen LogP contribution >= 0.6 is 0 Å². The maximum absolute atomic E-state index is 15.7. The first-order valence-electron chi connectivity index (χ1n) is 13.5. The molecule has 5 aromatic rings. The van der Waals surface area contributed by atoms with Crippen LogP contribution in [-0.2, 0) is 6.42 Å². The zero-order valence-electron chi connectivity index (χ0n) is 22.0. The first-order valence-corrected chi connectivity index (χ1v) is 13.5. The van der Waals surface area contributed by atoms with E-state index in [0.717, 1.165) is 39.7 Å². The Morgan fingerprint density at radius 1 is 0.800 bits per heavy atom. The lowest BCUT2D eigenvalue weighted by atomic mass is 9.78. The number of halogens is 3. The summed E-state index contributed by atoms with van der Waals surface area (Å²) in [5.41, 5.74) is 7.98. The van der Waals surface area contributed by atoms with Crippen LogP contribution in [0.4, 0.5) is 13.2 Å². The van der Waals surface area contributed by atoms with Gasteiger partial charge in [-0.2, -0.15) is 9.13 Å². The van der Waals surface area contributed by atoms with Gasteiger partial charge >= 0.3 is 0 Å². The SMILES string of the molecule is C=C1C2C(CCc3cc(F)c(F)c(F)c3-c3cc(C)c(-c4ccccc4)c[n+]31)c1ccccc1-c1cccc[n+]12. The summed E-state index contributed by atoms with van der Waals surface area (Å²) in [5, 5.41) is 0. The van der Waals surface area contributed by atoms with Crippen molar-refractivity contribution in [3.05, 3.63) is 138 Å². The summed E-state index contributed by atoms with van der Waals surface area (Å²) in [7, 11) is 0. The fraction of sp³-hybridized carbons (Fsp3) is 0.143. The lowest BCUT2D eigenvalue weighted by Gasteiger charge is -2.29. The van der Waals surface area contributed by atoms with Gasteiger partial charge < -0.3 is 0 Å². The molecule has 0 amide bonds. The van der Waals surface area contributed by atoms with Gasteiger partial charge in [-0.05, 0) is 66.8 Å². The third-order valence-electron chi connectivity index (χ3n) is 8.46. The predicted octanol–water partition coefficient (Wildman–Crippen LogP) is 7.74. The highest BCUT2D eigenvalue weighted by molar-refractivity contribution is 5.72. The summed E-state index contributed by atoms with van der Waals surface area (Å²) < 4.78 is 49.3. The van der Waals surface area contributed by atoms with E-state index in [9.17, 15) is 8.78 Å². The molecule has 2 aliphatic heterocycles. The van der Waals surface area contributed by atoms with Crippen LogP contribution in [0.1, 0.15) is 35.1 Å². The average molecular weight is 533 g/mol. The second-order valence-corrected chi connectivity index (χ2v) is 10.7. The molecule has 4 heterocycles. The van der Waals surface area contributed by atoms with Crippen LogP contribution < -0.4 is 9.13 Å². The van der Waals surface area contributed by atoms with E-state index in [-0.39, 0.29) is 17.5 Å². The van der Waals surface area contributed by atoms with E-state index < -0.39 is 17.5 Å². The van der Waals surface area contributed by atoms with Gasteiger partial charge in [0.05, 0.1) is 11.5 Å². The Morgan fingerprint density at radius 3 is 2.38 bits per heavy atom. The van der Waals surface area contributed by atoms with Gasteiger partial charge in [0.15, 0.2) is 29.8 Å². The highest BCUT2D eigenvalue weighted by Crippen LogP contribution is 2.45. The van der Waals surface area contributed by atoms with Crippen LogP contribution in [0.25, 0.3) is 39.3 Å². The van der Waals surface area contributed by atoms with Gasteiger partial charge in [0.1, 0.15) is 0 Å². The predicted molar refractivity (Wildman–Crippen MR) is 150 cm³/mol. The molecule has 2 atom stereocenters. The second kappa shape index (κ2) is 9.30. The van der Waals surface area contributed by atoms with Crippen molar-refractivity contribution in [1.82, 2.24) is 0 Å². The minimum absolute atomic E-state index is 0.0208. The summed E-state index contributed by atoms with van der Waals surface area (Å²) in [5.74, 6) is -3.81. The van der Waals surface area contributed by atoms with Gasteiger partial charge in [-0.3, -0.25) is 0 Å². The molecule has 3 aromatic carbocycles. The average Bonchev–Trinajstić information content (AvgIpc) is 3.02. The molecule has 0 radical (unpaired) electrons. The fourth-order valence-corrected chi connectivity index (χ4v) is 6.63. The molecule has 2 nitrogen and oxygen atoms in total. The lowest BCUT2D eigenvalue weighted by molar-refractivity contribution is -0.727. The summed E-state index contributed by atoms with van der Waals surface area (Å²) in [6, 6.07) is 27.3. The molecule has 0 bridgehead atoms. The number of allylic oxidation sites excluding steroid dienone is 1. The van der Waals surface area contributed by atoms with E-state index >= 15 is 4.39 Å². The van der Waals surface area contributed by atoms with E-state index in [4.69, 9.17) is 0 Å². The number of pyridine rings is 2. The molecule has 0 fully saturated rings. The van der Waals surface area contributed by atoms with Gasteiger partial charge in [-0.25, -0.2) is 13.2 Å². The number of hydrogen-bond acceptors (Lipinski definition) is 0. The Balaban J connectivity index is 1.56. The highest BCUT2D eigenvalue weighted by Gasteiger charge is 2.47. The molecule has 2 aromatic heterocycles. The molecule has 2 unspecified atom stereocenters. The first kappa shape index (κ1) is 24.5. The summed E-state index contributed by atoms with van der Waals surface area (Å²) in [6.07, 6.45) is 5.03. The van der Waals surface area contributed by atoms with Gasteiger partial charge in [0.25, 0.3) is 0 Å². The first-order chi connectivity index (χ1) is 19.4. The van der Waals surface area contributed by atoms with E-state index in [1.54, 1.807) is 0 Å². The molecule has 0 aliphatic carbocycles. The van der Waals surface area contributed by atoms with Crippen molar-refractivity contribution < 1.29 is 22.3 Å². The topological polar surface area (TPSA) is 7.76 Å². The second-order valence-electron chi connectivity index (χ2n) is 10.7. The van der Waals surface area contributed by atoms with Crippen LogP contribution in [0.15, 0.2) is 104 Å². The summed E-state index contributed by atoms with van der Waals surface area (Å²) >= 11 is 0. The minimum Gasteiger partial charge on any atom is -0.204 e. The van der Waals surface area contributed by atoms with Crippen molar-refractivity contribution in [2.45, 2.75) is 31.7 Å². The fourth-order valence-electron chi connectivity index (χ4n) is 6.63. The van der Waals surface area contributed by atoms with Gasteiger partial charge in [0.2, 0.25) is 23.1 Å². The smallest absolute Gasteiger partial charge is 0.204 e. The van der Waals surface area contributed by atoms with Crippen molar-refractivity contribution in [1.29, 1.82) is 0 Å². The number of aromatic nitrogens is 2. The van der Waals surface area contributed by atoms with E-state index in [0.29, 0.717) is 24.1 Å². The van der Waals surface area contributed by atoms with Gasteiger partial charge in [0, 0.05) is 29.3 Å². The molecule has 196 valence electrons. The molecular formula is C35H27F3N2+2. The molecule has 5 heteroatoms. The number of hydrogen-bond donors (Lipinski definition) is 0. The van der Waals surface area contributed by atoms with Crippen molar-refractivity contribution >= 4 is 5.70 Å². The quantitative estimate of drug-likeness (QED) is 0.154. The number of benzene rings is 3. The van der Waals surface area contributed by atoms with Gasteiger partial charge in [-0.1, -0.05) is 48.5 Å². The maximum Gasteiger partial charge on any atom is 0.249 e. The highest BCUT2D eigenvalue weighted by atomic mass is 19.2. The molecule has 0 saturated heterocycles. The van der Waals surface area contributed by atoms with Crippen LogP contribution in [0, 0.1) is 24.4 Å². The largest absolute Gasteiger partial charge is 0.249 e. The molecule has 0 spiro atoms. The van der Waals surface area contributed by atoms with Crippen LogP contribution in [0.3, 0.4) is 0 Å². The summed E-state index contributed by atoms with van der Waals surface area (Å²) in [6.45, 7) is 6.57. The number of rotatable bonds is 1. The van der Waals surface area contributed by atoms with Crippen molar-refractivity contribution in [3.63, 3.8) is 0 Å².